The summed E-state index contributed by atoms with van der Waals surface area (Å²) in [6.07, 6.45) is -17.7. The lowest BCUT2D eigenvalue weighted by atomic mass is 9.87. The first-order valence-corrected chi connectivity index (χ1v) is 26.7. The van der Waals surface area contributed by atoms with Gasteiger partial charge < -0.3 is 35.4 Å². The minimum atomic E-state index is -4.94. The van der Waals surface area contributed by atoms with E-state index in [1.165, 1.54) is 13.8 Å². The van der Waals surface area contributed by atoms with E-state index in [1.807, 2.05) is 65.6 Å². The average molecular weight is 1210 g/mol. The molecule has 0 aromatic heterocycles. The molecule has 444 valence electrons. The van der Waals surface area contributed by atoms with E-state index in [1.54, 1.807) is 0 Å². The van der Waals surface area contributed by atoms with Crippen LogP contribution in [0.2, 0.25) is 0 Å². The van der Waals surface area contributed by atoms with Crippen molar-refractivity contribution in [2.45, 2.75) is 125 Å². The standard InChI is InChI=1S/C25H27ClF6N2O2.C25H26F6N2O2.C4H6Cl2O.CH4O/c1-16(17-10-19(24(27,28)29)12-20(11-17)25(30,31)32)36-15-23(18-6-3-2-4-7-18)13-21(14-33-23)34-22(35)8-5-9-26;1-16(17-10-19(24(26,27)28)12-20(11-17)25(29,30)31)35-15-23(18-6-3-2-4-7-18)13-21(14-32-23)33-9-5-8-22(33)34;5-3-1-2-4(6)7;1-2/h2-4,6-7,10-12,16,21,33H,5,8-9,13-15H2,1H3,(H,34,35);2-4,6-7,10-12,16,21,32H,5,8-9,13-15H2,1H3;1-3H2;2H,1H3/t2*16-,21+,23-;;/m11../s1. The molecule has 4 aromatic rings. The van der Waals surface area contributed by atoms with Gasteiger partial charge in [-0.2, -0.15) is 52.7 Å². The van der Waals surface area contributed by atoms with Crippen LogP contribution in [0.3, 0.4) is 0 Å². The minimum absolute atomic E-state index is 0.00824. The number of alkyl halides is 14. The van der Waals surface area contributed by atoms with Gasteiger partial charge in [-0.05, 0) is 116 Å². The number of hydrogen-bond acceptors (Lipinski definition) is 8. The van der Waals surface area contributed by atoms with Crippen LogP contribution in [0.5, 0.6) is 0 Å². The van der Waals surface area contributed by atoms with Crippen LogP contribution in [0.1, 0.15) is 122 Å². The normalized spacial score (nSPS) is 21.1. The topological polar surface area (TPSA) is 129 Å². The van der Waals surface area contributed by atoms with Crippen LogP contribution in [-0.2, 0) is 59.6 Å². The first kappa shape index (κ1) is 67.8. The van der Waals surface area contributed by atoms with Gasteiger partial charge in [-0.3, -0.25) is 14.4 Å². The highest BCUT2D eigenvalue weighted by atomic mass is 35.5. The molecule has 3 heterocycles. The number of benzene rings is 4. The number of aliphatic hydroxyl groups is 1. The second-order valence-electron chi connectivity index (χ2n) is 19.2. The van der Waals surface area contributed by atoms with Crippen molar-refractivity contribution < 1.29 is 81.6 Å². The van der Waals surface area contributed by atoms with Gasteiger partial charge in [-0.15, -0.1) is 23.2 Å². The van der Waals surface area contributed by atoms with Gasteiger partial charge in [0.15, 0.2) is 0 Å². The predicted octanol–water partition coefficient (Wildman–Crippen LogP) is 13.3. The number of ether oxygens (including phenoxy) is 2. The molecule has 0 unspecified atom stereocenters. The Labute approximate surface area is 471 Å². The van der Waals surface area contributed by atoms with Crippen molar-refractivity contribution in [2.75, 3.05) is 51.7 Å². The number of carbonyl (C=O) groups excluding carboxylic acids is 3. The van der Waals surface area contributed by atoms with Crippen LogP contribution in [0, 0.1) is 0 Å². The third kappa shape index (κ3) is 19.8. The van der Waals surface area contributed by atoms with Crippen LogP contribution >= 0.6 is 34.8 Å². The number of amides is 2. The molecule has 4 N–H and O–H groups in total. The molecule has 0 aliphatic carbocycles. The van der Waals surface area contributed by atoms with Crippen molar-refractivity contribution in [1.29, 1.82) is 0 Å². The molecule has 6 atom stereocenters. The van der Waals surface area contributed by atoms with Crippen LogP contribution in [0.4, 0.5) is 52.7 Å². The molecule has 3 aliphatic rings. The van der Waals surface area contributed by atoms with E-state index in [-0.39, 0.29) is 72.0 Å². The smallest absolute Gasteiger partial charge is 0.400 e. The molecular weight excluding hydrogens is 1150 g/mol. The number of rotatable bonds is 18. The van der Waals surface area contributed by atoms with E-state index >= 15 is 0 Å². The quantitative estimate of drug-likeness (QED) is 0.0440. The summed E-state index contributed by atoms with van der Waals surface area (Å²) < 4.78 is 171. The Kier molecular flexibility index (Phi) is 25.5. The van der Waals surface area contributed by atoms with Crippen molar-refractivity contribution in [3.05, 3.63) is 142 Å². The van der Waals surface area contributed by atoms with E-state index in [4.69, 9.17) is 49.4 Å². The van der Waals surface area contributed by atoms with Crippen molar-refractivity contribution in [3.63, 3.8) is 0 Å². The second-order valence-corrected chi connectivity index (χ2v) is 20.4. The Bertz CT molecular complexity index is 2530. The molecule has 80 heavy (non-hydrogen) atoms. The molecule has 10 nitrogen and oxygen atoms in total. The predicted molar refractivity (Wildman–Crippen MR) is 279 cm³/mol. The summed E-state index contributed by atoms with van der Waals surface area (Å²) in [4.78, 5) is 36.2. The van der Waals surface area contributed by atoms with Gasteiger partial charge in [0.2, 0.25) is 17.1 Å². The lowest BCUT2D eigenvalue weighted by molar-refractivity contribution is -0.144. The first-order chi connectivity index (χ1) is 37.5. The summed E-state index contributed by atoms with van der Waals surface area (Å²) in [6.45, 7) is 4.41. The summed E-state index contributed by atoms with van der Waals surface area (Å²) in [5.74, 6) is 0.808. The molecule has 0 bridgehead atoms. The van der Waals surface area contributed by atoms with Gasteiger partial charge in [0.05, 0.1) is 58.8 Å². The Hall–Kier alpha value is -4.68. The maximum absolute atomic E-state index is 13.3. The molecule has 0 saturated carbocycles. The highest BCUT2D eigenvalue weighted by molar-refractivity contribution is 6.63. The van der Waals surface area contributed by atoms with Crippen molar-refractivity contribution in [3.8, 4) is 0 Å². The summed E-state index contributed by atoms with van der Waals surface area (Å²) in [7, 11) is 1.00. The van der Waals surface area contributed by atoms with Gasteiger partial charge in [-0.1, -0.05) is 60.7 Å². The molecule has 7 rings (SSSR count). The van der Waals surface area contributed by atoms with Gasteiger partial charge in [0, 0.05) is 69.9 Å². The van der Waals surface area contributed by atoms with E-state index in [0.29, 0.717) is 94.2 Å². The molecule has 2 amide bonds. The molecular formula is C55H63Cl3F12N4O6. The first-order valence-electron chi connectivity index (χ1n) is 25.3. The molecule has 0 radical (unpaired) electrons. The summed E-state index contributed by atoms with van der Waals surface area (Å²) in [5, 5.41) is 16.4. The number of nitrogens with zero attached hydrogens (tertiary/aromatic N) is 1. The average Bonchev–Trinajstić information content (AvgIpc) is 4.17. The highest BCUT2D eigenvalue weighted by Crippen LogP contribution is 2.42. The van der Waals surface area contributed by atoms with Crippen LogP contribution in [0.15, 0.2) is 97.1 Å². The van der Waals surface area contributed by atoms with Gasteiger partial charge >= 0.3 is 24.7 Å². The zero-order chi connectivity index (χ0) is 59.7. The summed E-state index contributed by atoms with van der Waals surface area (Å²) in [6, 6.07) is 21.1. The SMILES string of the molecule is CO.C[C@@H](OC[C@@]1(c2ccccc2)C[C@H](N2CCCC2=O)CN1)c1cc(C(F)(F)F)cc(C(F)(F)F)c1.C[C@@H](OC[C@@]1(c2ccccc2)C[C@H](NC(=O)CCCCl)CN1)c1cc(C(F)(F)F)cc(C(F)(F)F)c1.O=C(Cl)CCCCl. The maximum atomic E-state index is 13.3. The van der Waals surface area contributed by atoms with Gasteiger partial charge in [0.1, 0.15) is 0 Å². The van der Waals surface area contributed by atoms with Crippen molar-refractivity contribution in [1.82, 2.24) is 20.9 Å². The largest absolute Gasteiger partial charge is 0.416 e. The van der Waals surface area contributed by atoms with Crippen molar-refractivity contribution >= 4 is 51.9 Å². The Morgan fingerprint density at radius 1 is 0.650 bits per heavy atom. The molecule has 3 fully saturated rings. The number of nitrogens with one attached hydrogen (secondary N) is 3. The number of likely N-dealkylation sites (tertiary alicyclic amines) is 1. The molecule has 25 heteroatoms. The fraction of sp³-hybridized carbons (Fsp3) is 0.509. The Balaban J connectivity index is 0.000000299. The van der Waals surface area contributed by atoms with Crippen LogP contribution < -0.4 is 16.0 Å². The van der Waals surface area contributed by atoms with Gasteiger partial charge in [-0.25, -0.2) is 0 Å². The summed E-state index contributed by atoms with van der Waals surface area (Å²) in [5.41, 5.74) is -5.80. The Morgan fingerprint density at radius 2 is 1.05 bits per heavy atom. The summed E-state index contributed by atoms with van der Waals surface area (Å²) >= 11 is 15.8. The van der Waals surface area contributed by atoms with Crippen LogP contribution in [0.25, 0.3) is 0 Å². The second kappa shape index (κ2) is 30.0. The van der Waals surface area contributed by atoms with Crippen LogP contribution in [-0.4, -0.2) is 90.9 Å². The molecule has 0 spiro atoms. The van der Waals surface area contributed by atoms with E-state index in [0.717, 1.165) is 24.7 Å². The third-order valence-corrected chi connectivity index (χ3v) is 14.2. The lowest BCUT2D eigenvalue weighted by Crippen LogP contribution is -2.41. The minimum Gasteiger partial charge on any atom is -0.400 e. The molecule has 3 aliphatic heterocycles. The third-order valence-electron chi connectivity index (χ3n) is 13.5. The maximum Gasteiger partial charge on any atom is 0.416 e. The lowest BCUT2D eigenvalue weighted by Gasteiger charge is -2.33. The number of halogens is 15. The Morgan fingerprint density at radius 3 is 1.41 bits per heavy atom. The van der Waals surface area contributed by atoms with E-state index in [9.17, 15) is 67.1 Å². The highest BCUT2D eigenvalue weighted by Gasteiger charge is 2.46. The zero-order valence-electron chi connectivity index (χ0n) is 43.8. The number of aliphatic hydroxyl groups excluding tert-OH is 1. The zero-order valence-corrected chi connectivity index (χ0v) is 46.0. The number of carbonyl (C=O) groups is 3. The molecule has 3 saturated heterocycles. The van der Waals surface area contributed by atoms with Crippen molar-refractivity contribution in [2.24, 2.45) is 0 Å². The monoisotopic (exact) mass is 1210 g/mol. The van der Waals surface area contributed by atoms with E-state index < -0.39 is 70.2 Å². The molecule has 4 aromatic carbocycles. The fourth-order valence-electron chi connectivity index (χ4n) is 9.35. The fourth-order valence-corrected chi connectivity index (χ4v) is 9.75. The van der Waals surface area contributed by atoms with E-state index in [2.05, 4.69) is 16.0 Å². The number of hydrogen-bond donors (Lipinski definition) is 4. The van der Waals surface area contributed by atoms with Gasteiger partial charge in [0.25, 0.3) is 0 Å².